The normalized spacial score (nSPS) is 11.3. The molecule has 1 N–H and O–H groups in total. The molecule has 0 unspecified atom stereocenters. The lowest BCUT2D eigenvalue weighted by Gasteiger charge is -2.24. The topological polar surface area (TPSA) is 36.2 Å². The molecule has 0 aliphatic carbocycles. The third kappa shape index (κ3) is 2.14. The Morgan fingerprint density at radius 2 is 1.17 bits per heavy atom. The van der Waals surface area contributed by atoms with Crippen molar-refractivity contribution in [3.05, 3.63) is 71.3 Å². The van der Waals surface area contributed by atoms with Crippen LogP contribution in [-0.2, 0) is 5.54 Å². The number of hydrogen-bond acceptors (Lipinski definition) is 2. The zero-order valence-electron chi connectivity index (χ0n) is 9.82. The van der Waals surface area contributed by atoms with Crippen LogP contribution in [0.3, 0.4) is 0 Å². The number of nitrogens with one attached hydrogen (secondary N) is 1. The van der Waals surface area contributed by atoms with Crippen LogP contribution >= 0.6 is 0 Å². The molecule has 92 valence electrons. The number of rotatable bonds is 3. The van der Waals surface area contributed by atoms with E-state index < -0.39 is 5.54 Å². The van der Waals surface area contributed by atoms with E-state index in [4.69, 9.17) is 5.53 Å². The van der Waals surface area contributed by atoms with Gasteiger partial charge in [0.25, 0.3) is 0 Å². The van der Waals surface area contributed by atoms with Gasteiger partial charge in [0.1, 0.15) is 17.2 Å². The lowest BCUT2D eigenvalue weighted by molar-refractivity contribution is 0.548. The Bertz CT molecular complexity index is 502. The van der Waals surface area contributed by atoms with Crippen LogP contribution < -0.4 is 0 Å². The van der Waals surface area contributed by atoms with E-state index >= 15 is 0 Å². The molecule has 2 rings (SSSR count). The molecule has 0 aromatic heterocycles. The minimum atomic E-state index is -0.929. The minimum Gasteiger partial charge on any atom is -0.209 e. The molecule has 0 bridgehead atoms. The van der Waals surface area contributed by atoms with E-state index in [9.17, 15) is 8.78 Å². The molecule has 0 atom stereocenters. The highest BCUT2D eigenvalue weighted by Gasteiger charge is 2.28. The maximum Gasteiger partial charge on any atom is 0.128 e. The standard InChI is InChI=1S/C14H12F2N2/c1-14(18-17,10-2-6-12(15)7-3-10)11-4-8-13(16)9-5-11/h2-9,17H,1H3. The molecule has 0 fully saturated rings. The summed E-state index contributed by atoms with van der Waals surface area (Å²) >= 11 is 0. The molecule has 0 amide bonds. The molecule has 0 saturated heterocycles. The van der Waals surface area contributed by atoms with E-state index in [0.29, 0.717) is 11.1 Å². The summed E-state index contributed by atoms with van der Waals surface area (Å²) in [4.78, 5) is 0. The molecule has 2 aromatic carbocycles. The van der Waals surface area contributed by atoms with E-state index in [1.54, 1.807) is 31.2 Å². The fraction of sp³-hybridized carbons (Fsp3) is 0.143. The average molecular weight is 246 g/mol. The maximum absolute atomic E-state index is 12.9. The Balaban J connectivity index is 2.50. The van der Waals surface area contributed by atoms with Gasteiger partial charge in [0, 0.05) is 0 Å². The molecule has 18 heavy (non-hydrogen) atoms. The van der Waals surface area contributed by atoms with Gasteiger partial charge in [-0.2, -0.15) is 5.11 Å². The van der Waals surface area contributed by atoms with Crippen molar-refractivity contribution in [3.8, 4) is 0 Å². The summed E-state index contributed by atoms with van der Waals surface area (Å²) in [6.07, 6.45) is 0. The predicted molar refractivity (Wildman–Crippen MR) is 64.4 cm³/mol. The first kappa shape index (κ1) is 12.4. The molecule has 0 aliphatic rings. The Morgan fingerprint density at radius 3 is 1.44 bits per heavy atom. The Labute approximate surface area is 104 Å². The fourth-order valence-corrected chi connectivity index (χ4v) is 1.84. The second kappa shape index (κ2) is 4.64. The van der Waals surface area contributed by atoms with Crippen LogP contribution in [0.25, 0.3) is 0 Å². The molecule has 0 heterocycles. The lowest BCUT2D eigenvalue weighted by atomic mass is 9.85. The van der Waals surface area contributed by atoms with Crippen LogP contribution in [-0.4, -0.2) is 0 Å². The molecule has 0 saturated carbocycles. The summed E-state index contributed by atoms with van der Waals surface area (Å²) in [7, 11) is 0. The van der Waals surface area contributed by atoms with Gasteiger partial charge in [0.05, 0.1) is 0 Å². The Kier molecular flexibility index (Phi) is 3.19. The molecule has 2 nitrogen and oxygen atoms in total. The summed E-state index contributed by atoms with van der Waals surface area (Å²) < 4.78 is 25.8. The molecule has 0 spiro atoms. The Morgan fingerprint density at radius 1 is 0.833 bits per heavy atom. The molecule has 0 radical (unpaired) electrons. The monoisotopic (exact) mass is 246 g/mol. The van der Waals surface area contributed by atoms with Gasteiger partial charge in [-0.25, -0.2) is 14.3 Å². The molecular formula is C14H12F2N2. The van der Waals surface area contributed by atoms with Crippen molar-refractivity contribution in [2.75, 3.05) is 0 Å². The van der Waals surface area contributed by atoms with Crippen LogP contribution in [0.2, 0.25) is 0 Å². The van der Waals surface area contributed by atoms with Gasteiger partial charge < -0.3 is 0 Å². The smallest absolute Gasteiger partial charge is 0.128 e. The van der Waals surface area contributed by atoms with E-state index in [0.717, 1.165) is 0 Å². The van der Waals surface area contributed by atoms with Crippen LogP contribution in [0, 0.1) is 17.2 Å². The predicted octanol–water partition coefficient (Wildman–Crippen LogP) is 4.26. The van der Waals surface area contributed by atoms with E-state index in [2.05, 4.69) is 5.11 Å². The van der Waals surface area contributed by atoms with E-state index in [1.165, 1.54) is 24.3 Å². The van der Waals surface area contributed by atoms with Gasteiger partial charge in [-0.1, -0.05) is 24.3 Å². The summed E-state index contributed by atoms with van der Waals surface area (Å²) in [6, 6.07) is 11.6. The highest BCUT2D eigenvalue weighted by molar-refractivity contribution is 5.37. The van der Waals surface area contributed by atoms with Gasteiger partial charge >= 0.3 is 0 Å². The molecule has 2 aromatic rings. The van der Waals surface area contributed by atoms with Crippen molar-refractivity contribution in [1.29, 1.82) is 5.53 Å². The van der Waals surface area contributed by atoms with Crippen molar-refractivity contribution in [3.63, 3.8) is 0 Å². The first-order valence-corrected chi connectivity index (χ1v) is 5.47. The largest absolute Gasteiger partial charge is 0.209 e. The number of benzene rings is 2. The van der Waals surface area contributed by atoms with Gasteiger partial charge in [0.15, 0.2) is 0 Å². The first-order chi connectivity index (χ1) is 8.56. The summed E-state index contributed by atoms with van der Waals surface area (Å²) in [6.45, 7) is 1.74. The SMILES string of the molecule is CC(N=N)(c1ccc(F)cc1)c1ccc(F)cc1. The Hall–Kier alpha value is -2.10. The third-order valence-electron chi connectivity index (χ3n) is 3.04. The number of halogens is 2. The van der Waals surface area contributed by atoms with Crippen LogP contribution in [0.5, 0.6) is 0 Å². The van der Waals surface area contributed by atoms with Crippen molar-refractivity contribution in [1.82, 2.24) is 0 Å². The zero-order chi connectivity index (χ0) is 13.2. The summed E-state index contributed by atoms with van der Waals surface area (Å²) in [5.41, 5.74) is 7.82. The van der Waals surface area contributed by atoms with Crippen molar-refractivity contribution in [2.24, 2.45) is 5.11 Å². The highest BCUT2D eigenvalue weighted by Crippen LogP contribution is 2.33. The van der Waals surface area contributed by atoms with E-state index in [-0.39, 0.29) is 11.6 Å². The zero-order valence-corrected chi connectivity index (χ0v) is 9.82. The van der Waals surface area contributed by atoms with Crippen molar-refractivity contribution >= 4 is 0 Å². The lowest BCUT2D eigenvalue weighted by Crippen LogP contribution is -2.20. The molecule has 0 aliphatic heterocycles. The number of hydrogen-bond donors (Lipinski definition) is 1. The van der Waals surface area contributed by atoms with Crippen LogP contribution in [0.1, 0.15) is 18.1 Å². The van der Waals surface area contributed by atoms with Crippen LogP contribution in [0.15, 0.2) is 53.6 Å². The molecular weight excluding hydrogens is 234 g/mol. The van der Waals surface area contributed by atoms with E-state index in [1.807, 2.05) is 0 Å². The van der Waals surface area contributed by atoms with Gasteiger partial charge in [0.2, 0.25) is 0 Å². The molecule has 4 heteroatoms. The maximum atomic E-state index is 12.9. The second-order valence-electron chi connectivity index (χ2n) is 4.20. The first-order valence-electron chi connectivity index (χ1n) is 5.47. The second-order valence-corrected chi connectivity index (χ2v) is 4.20. The highest BCUT2D eigenvalue weighted by atomic mass is 19.1. The van der Waals surface area contributed by atoms with Gasteiger partial charge in [-0.05, 0) is 42.3 Å². The summed E-state index contributed by atoms with van der Waals surface area (Å²) in [5.74, 6) is -0.685. The average Bonchev–Trinajstić information content (AvgIpc) is 2.39. The number of nitrogens with zero attached hydrogens (tertiary/aromatic N) is 1. The van der Waals surface area contributed by atoms with Crippen LogP contribution in [0.4, 0.5) is 8.78 Å². The third-order valence-corrected chi connectivity index (χ3v) is 3.04. The van der Waals surface area contributed by atoms with Gasteiger partial charge in [-0.15, -0.1) is 0 Å². The minimum absolute atomic E-state index is 0.342. The fourth-order valence-electron chi connectivity index (χ4n) is 1.84. The van der Waals surface area contributed by atoms with Gasteiger partial charge in [-0.3, -0.25) is 0 Å². The quantitative estimate of drug-likeness (QED) is 0.786. The van der Waals surface area contributed by atoms with Crippen molar-refractivity contribution in [2.45, 2.75) is 12.5 Å². The summed E-state index contributed by atoms with van der Waals surface area (Å²) in [5, 5.41) is 3.62. The van der Waals surface area contributed by atoms with Crippen molar-refractivity contribution < 1.29 is 8.78 Å².